The summed E-state index contributed by atoms with van der Waals surface area (Å²) in [4.78, 5) is 11.8. The molecule has 1 fully saturated rings. The van der Waals surface area contributed by atoms with Gasteiger partial charge < -0.3 is 19.1 Å². The molecule has 0 bridgehead atoms. The van der Waals surface area contributed by atoms with Crippen LogP contribution in [-0.2, 0) is 9.47 Å². The Morgan fingerprint density at radius 2 is 2.09 bits per heavy atom. The molecule has 1 aliphatic rings. The van der Waals surface area contributed by atoms with Gasteiger partial charge in [0.2, 0.25) is 0 Å². The van der Waals surface area contributed by atoms with Gasteiger partial charge in [0.1, 0.15) is 6.10 Å². The molecule has 0 spiro atoms. The molecule has 2 rings (SSSR count). The Labute approximate surface area is 130 Å². The third-order valence-electron chi connectivity index (χ3n) is 3.99. The second-order valence-corrected chi connectivity index (χ2v) is 6.85. The van der Waals surface area contributed by atoms with E-state index in [1.54, 1.807) is 13.8 Å². The lowest BCUT2D eigenvalue weighted by Gasteiger charge is -2.39. The number of ether oxygens (including phenoxy) is 2. The number of aromatic nitrogens is 1. The number of carbonyl (C=O) groups is 1. The molecule has 0 radical (unpaired) electrons. The second-order valence-electron chi connectivity index (χ2n) is 6.85. The number of carbonyl (C=O) groups excluding carboxylic acids is 1. The lowest BCUT2D eigenvalue weighted by molar-refractivity contribution is -0.143. The van der Waals surface area contributed by atoms with E-state index in [0.29, 0.717) is 24.2 Å². The van der Waals surface area contributed by atoms with Crippen LogP contribution in [0.1, 0.15) is 68.5 Å². The third-order valence-corrected chi connectivity index (χ3v) is 3.99. The average molecular weight is 311 g/mol. The number of rotatable bonds is 3. The molecule has 0 saturated carbocycles. The van der Waals surface area contributed by atoms with Gasteiger partial charge in [0.25, 0.3) is 0 Å². The zero-order valence-electron chi connectivity index (χ0n) is 13.9. The molecule has 0 aliphatic carbocycles. The normalized spacial score (nSPS) is 26.0. The number of hydrogen-bond donors (Lipinski definition) is 1. The molecule has 3 atom stereocenters. The highest BCUT2D eigenvalue weighted by molar-refractivity contribution is 5.88. The maximum Gasteiger partial charge on any atom is 0.360 e. The molecule has 22 heavy (non-hydrogen) atoms. The number of nitrogens with zero attached hydrogens (tertiary/aromatic N) is 1. The van der Waals surface area contributed by atoms with Crippen LogP contribution in [0.3, 0.4) is 0 Å². The first kappa shape index (κ1) is 17.0. The molecule has 124 valence electrons. The highest BCUT2D eigenvalue weighted by Crippen LogP contribution is 2.39. The van der Waals surface area contributed by atoms with Crippen LogP contribution in [0, 0.1) is 12.3 Å². The predicted octanol–water partition coefficient (Wildman–Crippen LogP) is 2.79. The minimum absolute atomic E-state index is 0.0858. The Hall–Kier alpha value is -1.40. The summed E-state index contributed by atoms with van der Waals surface area (Å²) in [7, 11) is 0. The van der Waals surface area contributed by atoms with Crippen LogP contribution in [0.2, 0.25) is 0 Å². The molecule has 0 amide bonds. The summed E-state index contributed by atoms with van der Waals surface area (Å²) in [5.74, 6) is -0.00483. The summed E-state index contributed by atoms with van der Waals surface area (Å²) in [5.41, 5.74) is 0.704. The van der Waals surface area contributed by atoms with Crippen LogP contribution in [0.4, 0.5) is 0 Å². The Morgan fingerprint density at radius 3 is 2.68 bits per heavy atom. The standard InChI is InChI=1S/C16H25NO5/c1-6-20-15(19)13-9(2)14(22-17-13)11-7-10(18)8-12(21-11)16(3,4)5/h10-12,18H,6-8H2,1-5H3/t10-,11-,12+/m0/s1. The highest BCUT2D eigenvalue weighted by Gasteiger charge is 2.39. The number of hydrogen-bond acceptors (Lipinski definition) is 6. The van der Waals surface area contributed by atoms with E-state index in [0.717, 1.165) is 0 Å². The zero-order chi connectivity index (χ0) is 16.5. The van der Waals surface area contributed by atoms with E-state index in [-0.39, 0.29) is 23.8 Å². The van der Waals surface area contributed by atoms with Crippen LogP contribution in [0.15, 0.2) is 4.52 Å². The summed E-state index contributed by atoms with van der Waals surface area (Å²) >= 11 is 0. The molecule has 1 aromatic heterocycles. The van der Waals surface area contributed by atoms with Gasteiger partial charge in [0.05, 0.1) is 18.8 Å². The van der Waals surface area contributed by atoms with Crippen LogP contribution >= 0.6 is 0 Å². The molecule has 1 aliphatic heterocycles. The molecule has 0 aromatic carbocycles. The summed E-state index contributed by atoms with van der Waals surface area (Å²) in [6.07, 6.45) is 0.0851. The van der Waals surface area contributed by atoms with Crippen molar-refractivity contribution in [3.05, 3.63) is 17.0 Å². The van der Waals surface area contributed by atoms with Crippen molar-refractivity contribution >= 4 is 5.97 Å². The van der Waals surface area contributed by atoms with Crippen molar-refractivity contribution in [2.24, 2.45) is 5.41 Å². The molecule has 1 N–H and O–H groups in total. The van der Waals surface area contributed by atoms with Crippen molar-refractivity contribution in [2.45, 2.75) is 65.8 Å². The summed E-state index contributed by atoms with van der Waals surface area (Å²) in [5, 5.41) is 13.9. The van der Waals surface area contributed by atoms with Crippen molar-refractivity contribution in [3.63, 3.8) is 0 Å². The Bertz CT molecular complexity index is 531. The lowest BCUT2D eigenvalue weighted by Crippen LogP contribution is -2.39. The molecule has 1 aromatic rings. The van der Waals surface area contributed by atoms with Gasteiger partial charge in [-0.1, -0.05) is 25.9 Å². The lowest BCUT2D eigenvalue weighted by atomic mass is 9.82. The van der Waals surface area contributed by atoms with Crippen LogP contribution in [-0.4, -0.2) is 35.0 Å². The van der Waals surface area contributed by atoms with Crippen molar-refractivity contribution in [1.29, 1.82) is 0 Å². The molecular formula is C16H25NO5. The molecule has 2 heterocycles. The first-order valence-electron chi connectivity index (χ1n) is 7.70. The van der Waals surface area contributed by atoms with E-state index in [9.17, 15) is 9.90 Å². The van der Waals surface area contributed by atoms with Gasteiger partial charge in [-0.3, -0.25) is 0 Å². The van der Waals surface area contributed by atoms with E-state index < -0.39 is 18.2 Å². The van der Waals surface area contributed by atoms with Crippen LogP contribution < -0.4 is 0 Å². The first-order chi connectivity index (χ1) is 10.2. The van der Waals surface area contributed by atoms with Gasteiger partial charge in [-0.25, -0.2) is 4.79 Å². The zero-order valence-corrected chi connectivity index (χ0v) is 13.9. The maximum absolute atomic E-state index is 11.8. The highest BCUT2D eigenvalue weighted by atomic mass is 16.5. The van der Waals surface area contributed by atoms with E-state index in [1.165, 1.54) is 0 Å². The molecule has 0 unspecified atom stereocenters. The van der Waals surface area contributed by atoms with Crippen molar-refractivity contribution in [3.8, 4) is 0 Å². The van der Waals surface area contributed by atoms with Crippen molar-refractivity contribution in [2.75, 3.05) is 6.61 Å². The van der Waals surface area contributed by atoms with Crippen LogP contribution in [0.5, 0.6) is 0 Å². The topological polar surface area (TPSA) is 81.8 Å². The maximum atomic E-state index is 11.8. The molecule has 6 nitrogen and oxygen atoms in total. The summed E-state index contributed by atoms with van der Waals surface area (Å²) < 4.78 is 16.4. The van der Waals surface area contributed by atoms with Gasteiger partial charge in [-0.15, -0.1) is 0 Å². The fourth-order valence-electron chi connectivity index (χ4n) is 2.66. The fourth-order valence-corrected chi connectivity index (χ4v) is 2.66. The minimum atomic E-state index is -0.501. The summed E-state index contributed by atoms with van der Waals surface area (Å²) in [6, 6.07) is 0. The number of esters is 1. The van der Waals surface area contributed by atoms with Crippen molar-refractivity contribution in [1.82, 2.24) is 5.16 Å². The average Bonchev–Trinajstić information content (AvgIpc) is 2.79. The molecular weight excluding hydrogens is 286 g/mol. The quantitative estimate of drug-likeness (QED) is 0.864. The van der Waals surface area contributed by atoms with E-state index >= 15 is 0 Å². The second kappa shape index (κ2) is 6.38. The largest absolute Gasteiger partial charge is 0.461 e. The Morgan fingerprint density at radius 1 is 1.41 bits per heavy atom. The van der Waals surface area contributed by atoms with Gasteiger partial charge in [-0.2, -0.15) is 0 Å². The molecule has 6 heteroatoms. The van der Waals surface area contributed by atoms with Crippen LogP contribution in [0.25, 0.3) is 0 Å². The molecule has 1 saturated heterocycles. The third kappa shape index (κ3) is 3.50. The predicted molar refractivity (Wildman–Crippen MR) is 79.5 cm³/mol. The van der Waals surface area contributed by atoms with Crippen molar-refractivity contribution < 1.29 is 23.9 Å². The Kier molecular flexibility index (Phi) is 4.92. The van der Waals surface area contributed by atoms with E-state index in [1.807, 2.05) is 0 Å². The monoisotopic (exact) mass is 311 g/mol. The van der Waals surface area contributed by atoms with E-state index in [2.05, 4.69) is 25.9 Å². The van der Waals surface area contributed by atoms with Gasteiger partial charge >= 0.3 is 5.97 Å². The minimum Gasteiger partial charge on any atom is -0.461 e. The van der Waals surface area contributed by atoms with Gasteiger partial charge in [-0.05, 0) is 19.3 Å². The first-order valence-corrected chi connectivity index (χ1v) is 7.70. The smallest absolute Gasteiger partial charge is 0.360 e. The summed E-state index contributed by atoms with van der Waals surface area (Å²) in [6.45, 7) is 10.0. The fraction of sp³-hybridized carbons (Fsp3) is 0.750. The Balaban J connectivity index is 2.22. The van der Waals surface area contributed by atoms with Gasteiger partial charge in [0, 0.05) is 18.4 Å². The number of aliphatic hydroxyl groups is 1. The van der Waals surface area contributed by atoms with Gasteiger partial charge in [0.15, 0.2) is 11.5 Å². The van der Waals surface area contributed by atoms with E-state index in [4.69, 9.17) is 14.0 Å². The number of aliphatic hydroxyl groups excluding tert-OH is 1. The SMILES string of the molecule is CCOC(=O)c1noc([C@@H]2C[C@H](O)C[C@H](C(C)(C)C)O2)c1C.